The second kappa shape index (κ2) is 8.12. The molecule has 0 radical (unpaired) electrons. The molecule has 0 aliphatic carbocycles. The molecule has 2 aromatic rings. The standard InChI is InChI=1S/C18H18ClF3N2O4S2/c1-13-2-4-14(5-3-13)29(25,26)23-8-10-24(11-9-23)30(27,28)15-6-7-17(19)16(12-15)18(20,21)22/h2-7,12H,8-11H2,1H3. The van der Waals surface area contributed by atoms with Crippen molar-refractivity contribution in [3.05, 3.63) is 58.6 Å². The number of rotatable bonds is 4. The van der Waals surface area contributed by atoms with Crippen molar-refractivity contribution in [3.8, 4) is 0 Å². The van der Waals surface area contributed by atoms with Gasteiger partial charge < -0.3 is 0 Å². The predicted molar refractivity (Wildman–Crippen MR) is 105 cm³/mol. The van der Waals surface area contributed by atoms with Crippen LogP contribution in [0.2, 0.25) is 5.02 Å². The number of sulfonamides is 2. The van der Waals surface area contributed by atoms with Gasteiger partial charge in [0.15, 0.2) is 0 Å². The van der Waals surface area contributed by atoms with Crippen molar-refractivity contribution in [2.24, 2.45) is 0 Å². The van der Waals surface area contributed by atoms with Gasteiger partial charge in [-0.2, -0.15) is 21.8 Å². The Morgan fingerprint density at radius 2 is 1.23 bits per heavy atom. The summed E-state index contributed by atoms with van der Waals surface area (Å²) in [5.41, 5.74) is -0.350. The quantitative estimate of drug-likeness (QED) is 0.669. The molecular weight excluding hydrogens is 465 g/mol. The Balaban J connectivity index is 1.80. The van der Waals surface area contributed by atoms with Gasteiger partial charge in [-0.3, -0.25) is 0 Å². The van der Waals surface area contributed by atoms with Crippen LogP contribution in [-0.4, -0.2) is 51.6 Å². The molecule has 0 spiro atoms. The molecule has 164 valence electrons. The van der Waals surface area contributed by atoms with Gasteiger partial charge in [0.2, 0.25) is 20.0 Å². The molecule has 2 aromatic carbocycles. The topological polar surface area (TPSA) is 74.8 Å². The van der Waals surface area contributed by atoms with Crippen LogP contribution in [0.15, 0.2) is 52.3 Å². The average Bonchev–Trinajstić information content (AvgIpc) is 2.67. The van der Waals surface area contributed by atoms with Gasteiger partial charge in [-0.15, -0.1) is 0 Å². The lowest BCUT2D eigenvalue weighted by Crippen LogP contribution is -2.50. The Morgan fingerprint density at radius 3 is 1.70 bits per heavy atom. The van der Waals surface area contributed by atoms with E-state index >= 15 is 0 Å². The Hall–Kier alpha value is -1.66. The minimum atomic E-state index is -4.80. The Bertz CT molecular complexity index is 1140. The SMILES string of the molecule is Cc1ccc(S(=O)(=O)N2CCN(S(=O)(=O)c3ccc(Cl)c(C(F)(F)F)c3)CC2)cc1. The molecule has 1 saturated heterocycles. The molecule has 1 fully saturated rings. The molecular formula is C18H18ClF3N2O4S2. The maximum Gasteiger partial charge on any atom is 0.417 e. The molecule has 6 nitrogen and oxygen atoms in total. The zero-order chi connectivity index (χ0) is 22.3. The van der Waals surface area contributed by atoms with Crippen molar-refractivity contribution < 1.29 is 30.0 Å². The largest absolute Gasteiger partial charge is 0.417 e. The van der Waals surface area contributed by atoms with Crippen molar-refractivity contribution in [2.45, 2.75) is 22.9 Å². The summed E-state index contributed by atoms with van der Waals surface area (Å²) >= 11 is 5.55. The van der Waals surface area contributed by atoms with E-state index in [4.69, 9.17) is 11.6 Å². The molecule has 12 heteroatoms. The Kier molecular flexibility index (Phi) is 6.23. The first kappa shape index (κ1) is 23.0. The molecule has 1 heterocycles. The summed E-state index contributed by atoms with van der Waals surface area (Å²) < 4.78 is 92.4. The molecule has 1 aliphatic rings. The molecule has 0 unspecified atom stereocenters. The highest BCUT2D eigenvalue weighted by molar-refractivity contribution is 7.89. The predicted octanol–water partition coefficient (Wildman–Crippen LogP) is 3.36. The average molecular weight is 483 g/mol. The van der Waals surface area contributed by atoms with Crippen LogP contribution in [-0.2, 0) is 26.2 Å². The Morgan fingerprint density at radius 1 is 0.800 bits per heavy atom. The van der Waals surface area contributed by atoms with Gasteiger partial charge in [0.25, 0.3) is 0 Å². The van der Waals surface area contributed by atoms with Gasteiger partial charge in [0, 0.05) is 26.2 Å². The number of hydrogen-bond donors (Lipinski definition) is 0. The van der Waals surface area contributed by atoms with Crippen LogP contribution in [0.3, 0.4) is 0 Å². The zero-order valence-corrected chi connectivity index (χ0v) is 18.1. The third kappa shape index (κ3) is 4.50. The molecule has 0 N–H and O–H groups in total. The Labute approximate surface area is 178 Å². The number of alkyl halides is 3. The highest BCUT2D eigenvalue weighted by Gasteiger charge is 2.37. The minimum Gasteiger partial charge on any atom is -0.207 e. The molecule has 3 rings (SSSR count). The van der Waals surface area contributed by atoms with Gasteiger partial charge in [-0.25, -0.2) is 16.8 Å². The van der Waals surface area contributed by atoms with E-state index in [1.807, 2.05) is 6.92 Å². The van der Waals surface area contributed by atoms with E-state index in [-0.39, 0.29) is 31.1 Å². The summed E-state index contributed by atoms with van der Waals surface area (Å²) in [5, 5.41) is -0.601. The fourth-order valence-electron chi connectivity index (χ4n) is 3.04. The lowest BCUT2D eigenvalue weighted by molar-refractivity contribution is -0.137. The lowest BCUT2D eigenvalue weighted by atomic mass is 10.2. The maximum absolute atomic E-state index is 13.1. The van der Waals surface area contributed by atoms with Crippen LogP contribution in [0.5, 0.6) is 0 Å². The third-order valence-corrected chi connectivity index (χ3v) is 8.87. The van der Waals surface area contributed by atoms with Gasteiger partial charge in [0.05, 0.1) is 20.4 Å². The van der Waals surface area contributed by atoms with Crippen molar-refractivity contribution >= 4 is 31.6 Å². The smallest absolute Gasteiger partial charge is 0.207 e. The highest BCUT2D eigenvalue weighted by Crippen LogP contribution is 2.36. The van der Waals surface area contributed by atoms with Crippen LogP contribution in [0, 0.1) is 6.92 Å². The second-order valence-electron chi connectivity index (χ2n) is 6.76. The molecule has 0 bridgehead atoms. The first-order chi connectivity index (χ1) is 13.8. The van der Waals surface area contributed by atoms with E-state index in [9.17, 15) is 30.0 Å². The summed E-state index contributed by atoms with van der Waals surface area (Å²) in [6, 6.07) is 8.64. The number of nitrogens with zero attached hydrogens (tertiary/aromatic N) is 2. The van der Waals surface area contributed by atoms with E-state index < -0.39 is 41.7 Å². The maximum atomic E-state index is 13.1. The third-order valence-electron chi connectivity index (χ3n) is 4.74. The monoisotopic (exact) mass is 482 g/mol. The molecule has 30 heavy (non-hydrogen) atoms. The summed E-state index contributed by atoms with van der Waals surface area (Å²) in [7, 11) is -8.05. The molecule has 0 atom stereocenters. The van der Waals surface area contributed by atoms with Crippen molar-refractivity contribution in [3.63, 3.8) is 0 Å². The highest BCUT2D eigenvalue weighted by atomic mass is 35.5. The number of piperazine rings is 1. The first-order valence-electron chi connectivity index (χ1n) is 8.77. The van der Waals surface area contributed by atoms with Crippen LogP contribution >= 0.6 is 11.6 Å². The molecule has 0 aromatic heterocycles. The molecule has 0 amide bonds. The fourth-order valence-corrected chi connectivity index (χ4v) is 6.14. The number of hydrogen-bond acceptors (Lipinski definition) is 4. The van der Waals surface area contributed by atoms with Gasteiger partial charge in [-0.05, 0) is 37.3 Å². The van der Waals surface area contributed by atoms with E-state index in [0.717, 1.165) is 26.3 Å². The lowest BCUT2D eigenvalue weighted by Gasteiger charge is -2.33. The van der Waals surface area contributed by atoms with Gasteiger partial charge >= 0.3 is 6.18 Å². The second-order valence-corrected chi connectivity index (χ2v) is 11.0. The molecule has 1 aliphatic heterocycles. The van der Waals surface area contributed by atoms with E-state index in [1.54, 1.807) is 12.1 Å². The van der Waals surface area contributed by atoms with E-state index in [1.165, 1.54) is 12.1 Å². The summed E-state index contributed by atoms with van der Waals surface area (Å²) in [6.45, 7) is 1.22. The minimum absolute atomic E-state index is 0.0944. The van der Waals surface area contributed by atoms with Crippen molar-refractivity contribution in [2.75, 3.05) is 26.2 Å². The van der Waals surface area contributed by atoms with Crippen molar-refractivity contribution in [1.29, 1.82) is 0 Å². The van der Waals surface area contributed by atoms with Crippen molar-refractivity contribution in [1.82, 2.24) is 8.61 Å². The van der Waals surface area contributed by atoms with Gasteiger partial charge in [-0.1, -0.05) is 29.3 Å². The first-order valence-corrected chi connectivity index (χ1v) is 12.0. The molecule has 0 saturated carbocycles. The fraction of sp³-hybridized carbons (Fsp3) is 0.333. The van der Waals surface area contributed by atoms with E-state index in [2.05, 4.69) is 0 Å². The summed E-state index contributed by atoms with van der Waals surface area (Å²) in [4.78, 5) is -0.453. The van der Waals surface area contributed by atoms with Crippen LogP contribution in [0.4, 0.5) is 13.2 Å². The van der Waals surface area contributed by atoms with Crippen LogP contribution in [0.25, 0.3) is 0 Å². The van der Waals surface area contributed by atoms with Crippen LogP contribution in [0.1, 0.15) is 11.1 Å². The summed E-state index contributed by atoms with van der Waals surface area (Å²) in [6.07, 6.45) is -4.80. The number of aryl methyl sites for hydroxylation is 1. The van der Waals surface area contributed by atoms with Gasteiger partial charge in [0.1, 0.15) is 0 Å². The number of benzene rings is 2. The zero-order valence-electron chi connectivity index (χ0n) is 15.7. The normalized spacial score (nSPS) is 17.2. The number of halogens is 4. The van der Waals surface area contributed by atoms with Crippen LogP contribution < -0.4 is 0 Å². The van der Waals surface area contributed by atoms with E-state index in [0.29, 0.717) is 6.07 Å². The summed E-state index contributed by atoms with van der Waals surface area (Å²) in [5.74, 6) is 0.